The number of aryl methyl sites for hydroxylation is 2. The molecular weight excluding hydrogens is 486 g/mol. The highest BCUT2D eigenvalue weighted by Crippen LogP contribution is 2.27. The summed E-state index contributed by atoms with van der Waals surface area (Å²) in [5, 5.41) is 16.5. The molecule has 2 aromatic heterocycles. The monoisotopic (exact) mass is 523 g/mol. The van der Waals surface area contributed by atoms with Gasteiger partial charge in [-0.3, -0.25) is 4.79 Å². The summed E-state index contributed by atoms with van der Waals surface area (Å²) in [5.74, 6) is -1.11. The van der Waals surface area contributed by atoms with Crippen molar-refractivity contribution in [1.29, 1.82) is 0 Å². The minimum absolute atomic E-state index is 0.117. The maximum atomic E-state index is 13.6. The molecule has 0 unspecified atom stereocenters. The molecule has 0 radical (unpaired) electrons. The zero-order valence-electron chi connectivity index (χ0n) is 22.5. The number of oxazole rings is 1. The summed E-state index contributed by atoms with van der Waals surface area (Å²) in [6, 6.07) is 6.20. The summed E-state index contributed by atoms with van der Waals surface area (Å²) in [6.07, 6.45) is 5.79. The first-order valence-electron chi connectivity index (χ1n) is 13.2. The number of hydrogen-bond acceptors (Lipinski definition) is 5. The van der Waals surface area contributed by atoms with Crippen molar-refractivity contribution >= 4 is 28.8 Å². The Bertz CT molecular complexity index is 1300. The minimum atomic E-state index is -1.20. The lowest BCUT2D eigenvalue weighted by molar-refractivity contribution is -0.124. The van der Waals surface area contributed by atoms with Gasteiger partial charge in [-0.15, -0.1) is 0 Å². The Morgan fingerprint density at radius 1 is 1.11 bits per heavy atom. The lowest BCUT2D eigenvalue weighted by Crippen LogP contribution is -2.53. The fraction of sp³-hybridized carbons (Fsp3) is 0.500. The van der Waals surface area contributed by atoms with Gasteiger partial charge in [0.2, 0.25) is 11.8 Å². The van der Waals surface area contributed by atoms with Crippen LogP contribution < -0.4 is 10.6 Å². The van der Waals surface area contributed by atoms with E-state index in [0.29, 0.717) is 25.9 Å². The molecule has 3 amide bonds. The fourth-order valence-electron chi connectivity index (χ4n) is 5.09. The van der Waals surface area contributed by atoms with E-state index in [1.807, 2.05) is 55.9 Å². The van der Waals surface area contributed by atoms with Crippen LogP contribution in [0.3, 0.4) is 0 Å². The number of piperidine rings is 1. The topological polar surface area (TPSA) is 130 Å². The van der Waals surface area contributed by atoms with Gasteiger partial charge in [-0.05, 0) is 50.2 Å². The molecule has 38 heavy (non-hydrogen) atoms. The summed E-state index contributed by atoms with van der Waals surface area (Å²) >= 11 is 0. The number of para-hydroxylation sites is 1. The van der Waals surface area contributed by atoms with Crippen molar-refractivity contribution in [1.82, 2.24) is 25.1 Å². The van der Waals surface area contributed by atoms with Crippen molar-refractivity contribution in [3.05, 3.63) is 53.4 Å². The number of urea groups is 1. The molecule has 3 aromatic rings. The largest absolute Gasteiger partial charge is 0.476 e. The zero-order valence-corrected chi connectivity index (χ0v) is 22.5. The number of benzene rings is 1. The second kappa shape index (κ2) is 11.7. The van der Waals surface area contributed by atoms with Crippen LogP contribution in [0.15, 0.2) is 34.9 Å². The summed E-state index contributed by atoms with van der Waals surface area (Å²) in [5.41, 5.74) is 1.81. The van der Waals surface area contributed by atoms with E-state index in [1.165, 1.54) is 6.92 Å². The Morgan fingerprint density at radius 2 is 1.82 bits per heavy atom. The first-order chi connectivity index (χ1) is 18.1. The van der Waals surface area contributed by atoms with E-state index in [1.54, 1.807) is 4.90 Å². The van der Waals surface area contributed by atoms with Crippen LogP contribution in [0.1, 0.15) is 73.3 Å². The van der Waals surface area contributed by atoms with Gasteiger partial charge in [-0.25, -0.2) is 14.6 Å². The highest BCUT2D eigenvalue weighted by molar-refractivity contribution is 5.88. The number of aromatic carboxylic acids is 1. The molecule has 0 spiro atoms. The first-order valence-corrected chi connectivity index (χ1v) is 13.2. The number of rotatable bonds is 9. The molecule has 204 valence electrons. The molecule has 1 fully saturated rings. The fourth-order valence-corrected chi connectivity index (χ4v) is 5.09. The standard InChI is InChI=1S/C28H37N5O5/c1-17(2)14-21(30-28(37)33-12-8-5-9-13-33)25(34)29-22(26-31-24(27(35)36)18(3)38-26)15-19-16-32(4)23-11-7-6-10-20(19)23/h6-7,10-11,16-17,21-22H,5,8-9,12-15H2,1-4H3,(H,29,34)(H,30,37)(H,35,36)/t21-,22+/m0/s1. The van der Waals surface area contributed by atoms with E-state index >= 15 is 0 Å². The Hall–Kier alpha value is -3.82. The normalized spacial score (nSPS) is 15.4. The van der Waals surface area contributed by atoms with Crippen LogP contribution in [0.2, 0.25) is 0 Å². The van der Waals surface area contributed by atoms with E-state index in [2.05, 4.69) is 15.6 Å². The number of carboxylic acid groups (broad SMARTS) is 1. The van der Waals surface area contributed by atoms with E-state index in [4.69, 9.17) is 4.42 Å². The number of fused-ring (bicyclic) bond motifs is 1. The second-order valence-corrected chi connectivity index (χ2v) is 10.5. The van der Waals surface area contributed by atoms with Crippen molar-refractivity contribution in [3.8, 4) is 0 Å². The molecule has 1 aliphatic heterocycles. The van der Waals surface area contributed by atoms with Crippen molar-refractivity contribution < 1.29 is 23.9 Å². The van der Waals surface area contributed by atoms with Gasteiger partial charge in [0.1, 0.15) is 17.8 Å². The van der Waals surface area contributed by atoms with Gasteiger partial charge >= 0.3 is 12.0 Å². The number of carbonyl (C=O) groups is 3. The number of carboxylic acids is 1. The molecule has 10 nitrogen and oxygen atoms in total. The maximum Gasteiger partial charge on any atom is 0.358 e. The Labute approximate surface area is 222 Å². The Morgan fingerprint density at radius 3 is 2.47 bits per heavy atom. The SMILES string of the molecule is Cc1oc([C@@H](Cc2cn(C)c3ccccc23)NC(=O)[C@H](CC(C)C)NC(=O)N2CCCCC2)nc1C(=O)O. The Kier molecular flexibility index (Phi) is 8.38. The van der Waals surface area contributed by atoms with Crippen LogP contribution >= 0.6 is 0 Å². The number of aromatic nitrogens is 2. The van der Waals surface area contributed by atoms with Crippen LogP contribution in [-0.4, -0.2) is 56.6 Å². The molecule has 3 N–H and O–H groups in total. The molecule has 1 saturated heterocycles. The average molecular weight is 524 g/mol. The van der Waals surface area contributed by atoms with Crippen molar-refractivity contribution in [2.45, 2.75) is 65.0 Å². The molecule has 0 saturated carbocycles. The first kappa shape index (κ1) is 27.2. The van der Waals surface area contributed by atoms with Gasteiger partial charge in [0.25, 0.3) is 0 Å². The lowest BCUT2D eigenvalue weighted by Gasteiger charge is -2.30. The van der Waals surface area contributed by atoms with E-state index in [0.717, 1.165) is 35.7 Å². The van der Waals surface area contributed by atoms with Gasteiger partial charge in [0.05, 0.1) is 0 Å². The average Bonchev–Trinajstić information content (AvgIpc) is 3.43. The van der Waals surface area contributed by atoms with Crippen LogP contribution in [0, 0.1) is 12.8 Å². The molecule has 1 aromatic carbocycles. The molecular formula is C28H37N5O5. The third-order valence-electron chi connectivity index (χ3n) is 7.00. The summed E-state index contributed by atoms with van der Waals surface area (Å²) in [4.78, 5) is 44.2. The lowest BCUT2D eigenvalue weighted by atomic mass is 10.0. The van der Waals surface area contributed by atoms with Crippen LogP contribution in [0.4, 0.5) is 4.79 Å². The minimum Gasteiger partial charge on any atom is -0.476 e. The van der Waals surface area contributed by atoms with Crippen molar-refractivity contribution in [2.75, 3.05) is 13.1 Å². The maximum absolute atomic E-state index is 13.6. The number of likely N-dealkylation sites (tertiary alicyclic amines) is 1. The van der Waals surface area contributed by atoms with Crippen LogP contribution in [-0.2, 0) is 18.3 Å². The van der Waals surface area contributed by atoms with Crippen molar-refractivity contribution in [2.24, 2.45) is 13.0 Å². The van der Waals surface area contributed by atoms with Gasteiger partial charge in [-0.1, -0.05) is 32.0 Å². The van der Waals surface area contributed by atoms with Crippen LogP contribution in [0.25, 0.3) is 10.9 Å². The third-order valence-corrected chi connectivity index (χ3v) is 7.00. The molecule has 2 atom stereocenters. The summed E-state index contributed by atoms with van der Waals surface area (Å²) in [6.45, 7) is 6.89. The molecule has 0 bridgehead atoms. The molecule has 0 aliphatic carbocycles. The van der Waals surface area contributed by atoms with Gasteiger partial charge < -0.3 is 29.6 Å². The van der Waals surface area contributed by atoms with Gasteiger partial charge in [-0.2, -0.15) is 0 Å². The second-order valence-electron chi connectivity index (χ2n) is 10.5. The number of nitrogens with one attached hydrogen (secondary N) is 2. The van der Waals surface area contributed by atoms with Crippen LogP contribution in [0.5, 0.6) is 0 Å². The van der Waals surface area contributed by atoms with Gasteiger partial charge in [0.15, 0.2) is 5.69 Å². The third kappa shape index (κ3) is 6.17. The highest BCUT2D eigenvalue weighted by Gasteiger charge is 2.30. The molecule has 10 heteroatoms. The number of amides is 3. The summed E-state index contributed by atoms with van der Waals surface area (Å²) in [7, 11) is 1.95. The number of hydrogen-bond donors (Lipinski definition) is 3. The van der Waals surface area contributed by atoms with E-state index in [9.17, 15) is 19.5 Å². The zero-order chi connectivity index (χ0) is 27.4. The summed E-state index contributed by atoms with van der Waals surface area (Å²) < 4.78 is 7.77. The predicted octanol–water partition coefficient (Wildman–Crippen LogP) is 4.18. The highest BCUT2D eigenvalue weighted by atomic mass is 16.4. The van der Waals surface area contributed by atoms with E-state index in [-0.39, 0.29) is 35.2 Å². The molecule has 3 heterocycles. The van der Waals surface area contributed by atoms with Crippen molar-refractivity contribution in [3.63, 3.8) is 0 Å². The molecule has 4 rings (SSSR count). The van der Waals surface area contributed by atoms with E-state index < -0.39 is 18.1 Å². The smallest absolute Gasteiger partial charge is 0.358 e. The quantitative estimate of drug-likeness (QED) is 0.386. The van der Waals surface area contributed by atoms with Gasteiger partial charge in [0, 0.05) is 43.7 Å². The number of nitrogens with zero attached hydrogens (tertiary/aromatic N) is 3. The Balaban J connectivity index is 1.62. The number of carbonyl (C=O) groups excluding carboxylic acids is 2. The predicted molar refractivity (Wildman–Crippen MR) is 143 cm³/mol. The molecule has 1 aliphatic rings.